The van der Waals surface area contributed by atoms with Gasteiger partial charge in [0, 0.05) is 6.42 Å². The number of esters is 1. The van der Waals surface area contributed by atoms with Crippen molar-refractivity contribution >= 4 is 13.8 Å². The predicted molar refractivity (Wildman–Crippen MR) is 90.4 cm³/mol. The third kappa shape index (κ3) is 15.1. The molecule has 8 nitrogen and oxygen atoms in total. The van der Waals surface area contributed by atoms with Gasteiger partial charge in [0.1, 0.15) is 25.9 Å². The Hall–Kier alpha value is -0.500. The molecule has 24 heavy (non-hydrogen) atoms. The number of quaternary nitrogens is 1. The maximum Gasteiger partial charge on any atom is 0.472 e. The number of likely N-dealkylation sites (N-methyl/N-ethyl adjacent to an activating group) is 1. The zero-order valence-electron chi connectivity index (χ0n) is 15.3. The molecule has 0 heterocycles. The van der Waals surface area contributed by atoms with E-state index < -0.39 is 26.5 Å². The molecule has 0 aliphatic heterocycles. The van der Waals surface area contributed by atoms with Crippen molar-refractivity contribution in [1.82, 2.24) is 0 Å². The molecule has 1 unspecified atom stereocenters. The van der Waals surface area contributed by atoms with Crippen LogP contribution in [-0.4, -0.2) is 74.1 Å². The van der Waals surface area contributed by atoms with E-state index in [1.807, 2.05) is 21.1 Å². The van der Waals surface area contributed by atoms with Gasteiger partial charge in [0.05, 0.1) is 27.7 Å². The zero-order chi connectivity index (χ0) is 18.6. The van der Waals surface area contributed by atoms with Crippen LogP contribution in [0.4, 0.5) is 0 Å². The lowest BCUT2D eigenvalue weighted by Gasteiger charge is -2.24. The summed E-state index contributed by atoms with van der Waals surface area (Å²) in [5.41, 5.74) is 0. The highest BCUT2D eigenvalue weighted by Gasteiger charge is 2.24. The zero-order valence-corrected chi connectivity index (χ0v) is 16.2. The van der Waals surface area contributed by atoms with Crippen LogP contribution in [0.25, 0.3) is 0 Å². The molecule has 0 spiro atoms. The molecule has 144 valence electrons. The van der Waals surface area contributed by atoms with E-state index in [1.165, 1.54) is 0 Å². The van der Waals surface area contributed by atoms with Crippen LogP contribution in [0.15, 0.2) is 0 Å². The Morgan fingerprint density at radius 2 is 1.79 bits per heavy atom. The van der Waals surface area contributed by atoms with Crippen molar-refractivity contribution in [2.24, 2.45) is 0 Å². The summed E-state index contributed by atoms with van der Waals surface area (Å²) >= 11 is 0. The molecule has 2 N–H and O–H groups in total. The summed E-state index contributed by atoms with van der Waals surface area (Å²) in [6.07, 6.45) is 3.01. The van der Waals surface area contributed by atoms with Crippen molar-refractivity contribution in [3.63, 3.8) is 0 Å². The number of ether oxygens (including phenoxy) is 1. The van der Waals surface area contributed by atoms with Crippen molar-refractivity contribution in [3.8, 4) is 0 Å². The molecular formula is C15H33NO7P+. The highest BCUT2D eigenvalue weighted by atomic mass is 31.2. The number of hydrogen-bond donors (Lipinski definition) is 2. The molecule has 0 saturated carbocycles. The topological polar surface area (TPSA) is 102 Å². The first-order valence-corrected chi connectivity index (χ1v) is 9.81. The van der Waals surface area contributed by atoms with Gasteiger partial charge in [-0.25, -0.2) is 4.57 Å². The van der Waals surface area contributed by atoms with Gasteiger partial charge in [0.25, 0.3) is 0 Å². The molecule has 0 aromatic heterocycles. The van der Waals surface area contributed by atoms with Gasteiger partial charge in [0.15, 0.2) is 0 Å². The lowest BCUT2D eigenvalue weighted by Crippen LogP contribution is -2.37. The van der Waals surface area contributed by atoms with E-state index in [2.05, 4.69) is 6.92 Å². The highest BCUT2D eigenvalue weighted by molar-refractivity contribution is 7.47. The minimum absolute atomic E-state index is 0.0557. The standard InChI is InChI=1S/C15H32NO7P/c1-5-6-7-8-9-15(18)21-12-14(17)13-23-24(19,20)22-11-10-16(2,3)4/h14,17H,5-13H2,1-4H3/p+1/t14-/m1/s1. The Kier molecular flexibility index (Phi) is 11.7. The number of carbonyl (C=O) groups is 1. The molecule has 0 amide bonds. The van der Waals surface area contributed by atoms with Crippen LogP contribution >= 0.6 is 7.82 Å². The van der Waals surface area contributed by atoms with Crippen molar-refractivity contribution < 1.29 is 37.6 Å². The van der Waals surface area contributed by atoms with E-state index in [0.717, 1.165) is 25.7 Å². The fourth-order valence-electron chi connectivity index (χ4n) is 1.65. The quantitative estimate of drug-likeness (QED) is 0.208. The Morgan fingerprint density at radius 3 is 2.38 bits per heavy atom. The smallest absolute Gasteiger partial charge is 0.463 e. The average molecular weight is 370 g/mol. The Bertz CT molecular complexity index is 398. The number of rotatable bonds is 14. The number of aliphatic hydroxyl groups excluding tert-OH is 1. The average Bonchev–Trinajstić information content (AvgIpc) is 2.46. The second-order valence-electron chi connectivity index (χ2n) is 6.76. The largest absolute Gasteiger partial charge is 0.472 e. The third-order valence-electron chi connectivity index (χ3n) is 3.12. The summed E-state index contributed by atoms with van der Waals surface area (Å²) in [4.78, 5) is 20.9. The molecule has 0 fully saturated rings. The molecule has 0 saturated heterocycles. The van der Waals surface area contributed by atoms with Crippen LogP contribution in [0.5, 0.6) is 0 Å². The fourth-order valence-corrected chi connectivity index (χ4v) is 2.40. The molecule has 0 bridgehead atoms. The summed E-state index contributed by atoms with van der Waals surface area (Å²) in [7, 11) is 1.55. The number of aliphatic hydroxyl groups is 1. The second-order valence-corrected chi connectivity index (χ2v) is 8.21. The van der Waals surface area contributed by atoms with E-state index in [9.17, 15) is 19.4 Å². The van der Waals surface area contributed by atoms with E-state index in [0.29, 0.717) is 17.4 Å². The van der Waals surface area contributed by atoms with E-state index >= 15 is 0 Å². The minimum Gasteiger partial charge on any atom is -0.463 e. The number of unbranched alkanes of at least 4 members (excludes halogenated alkanes) is 3. The molecule has 2 atom stereocenters. The van der Waals surface area contributed by atoms with Gasteiger partial charge in [-0.05, 0) is 6.42 Å². The van der Waals surface area contributed by atoms with Crippen molar-refractivity contribution in [2.45, 2.75) is 45.1 Å². The van der Waals surface area contributed by atoms with Crippen molar-refractivity contribution in [2.75, 3.05) is 47.5 Å². The molecule has 0 radical (unpaired) electrons. The molecule has 0 aromatic rings. The molecule has 9 heteroatoms. The maximum atomic E-state index is 11.6. The van der Waals surface area contributed by atoms with Crippen molar-refractivity contribution in [3.05, 3.63) is 0 Å². The summed E-state index contributed by atoms with van der Waals surface area (Å²) in [5, 5.41) is 9.63. The van der Waals surface area contributed by atoms with E-state index in [4.69, 9.17) is 13.8 Å². The highest BCUT2D eigenvalue weighted by Crippen LogP contribution is 2.43. The molecule has 0 rings (SSSR count). The van der Waals surface area contributed by atoms with Crippen LogP contribution < -0.4 is 0 Å². The van der Waals surface area contributed by atoms with Crippen molar-refractivity contribution in [1.29, 1.82) is 0 Å². The first-order chi connectivity index (χ1) is 11.1. The number of phosphoric acid groups is 1. The molecule has 0 aliphatic rings. The van der Waals surface area contributed by atoms with Gasteiger partial charge in [-0.1, -0.05) is 26.2 Å². The predicted octanol–water partition coefficient (Wildman–Crippen LogP) is 1.70. The van der Waals surface area contributed by atoms with Gasteiger partial charge in [0.2, 0.25) is 0 Å². The second kappa shape index (κ2) is 12.0. The minimum atomic E-state index is -4.22. The number of carbonyl (C=O) groups excluding carboxylic acids is 1. The monoisotopic (exact) mass is 370 g/mol. The Balaban J connectivity index is 3.84. The van der Waals surface area contributed by atoms with E-state index in [1.54, 1.807) is 0 Å². The van der Waals surface area contributed by atoms with Crippen LogP contribution in [0.2, 0.25) is 0 Å². The summed E-state index contributed by atoms with van der Waals surface area (Å²) in [6.45, 7) is 1.96. The van der Waals surface area contributed by atoms with Gasteiger partial charge in [-0.15, -0.1) is 0 Å². The summed E-state index contributed by atoms with van der Waals surface area (Å²) < 4.78 is 26.6. The number of nitrogens with zero attached hydrogens (tertiary/aromatic N) is 1. The summed E-state index contributed by atoms with van der Waals surface area (Å²) in [5.74, 6) is -0.392. The van der Waals surface area contributed by atoms with Gasteiger partial charge >= 0.3 is 13.8 Å². The third-order valence-corrected chi connectivity index (χ3v) is 4.10. The first-order valence-electron chi connectivity index (χ1n) is 8.32. The molecule has 0 aliphatic carbocycles. The number of hydrogen-bond acceptors (Lipinski definition) is 6. The number of phosphoric ester groups is 1. The first kappa shape index (κ1) is 23.5. The van der Waals surface area contributed by atoms with Gasteiger partial charge in [-0.2, -0.15) is 0 Å². The Labute approximate surface area is 144 Å². The Morgan fingerprint density at radius 1 is 1.12 bits per heavy atom. The van der Waals surface area contributed by atoms with Crippen LogP contribution in [0.3, 0.4) is 0 Å². The molecule has 0 aromatic carbocycles. The van der Waals surface area contributed by atoms with Crippen LogP contribution in [-0.2, 0) is 23.1 Å². The molecular weight excluding hydrogens is 337 g/mol. The van der Waals surface area contributed by atoms with Gasteiger partial charge < -0.3 is 19.2 Å². The SMILES string of the molecule is CCCCCCC(=O)OC[C@@H](O)COP(=O)(O)OCC[N+](C)(C)C. The van der Waals surface area contributed by atoms with Crippen LogP contribution in [0, 0.1) is 0 Å². The lowest BCUT2D eigenvalue weighted by atomic mass is 10.2. The maximum absolute atomic E-state index is 11.6. The summed E-state index contributed by atoms with van der Waals surface area (Å²) in [6, 6.07) is 0. The lowest BCUT2D eigenvalue weighted by molar-refractivity contribution is -0.870. The normalized spacial score (nSPS) is 15.8. The van der Waals surface area contributed by atoms with Gasteiger partial charge in [-0.3, -0.25) is 13.8 Å². The van der Waals surface area contributed by atoms with Crippen LogP contribution in [0.1, 0.15) is 39.0 Å². The fraction of sp³-hybridized carbons (Fsp3) is 0.933. The van der Waals surface area contributed by atoms with E-state index in [-0.39, 0.29) is 13.2 Å².